The van der Waals surface area contributed by atoms with Crippen LogP contribution in [0.15, 0.2) is 67.0 Å². The fourth-order valence-electron chi connectivity index (χ4n) is 3.33. The van der Waals surface area contributed by atoms with Gasteiger partial charge in [-0.3, -0.25) is 9.47 Å². The zero-order valence-electron chi connectivity index (χ0n) is 16.4. The molecule has 0 aliphatic carbocycles. The minimum atomic E-state index is -1.26. The molecule has 1 aliphatic rings. The Morgan fingerprint density at radius 1 is 1.07 bits per heavy atom. The van der Waals surface area contributed by atoms with E-state index in [0.717, 1.165) is 42.8 Å². The number of benzene rings is 2. The van der Waals surface area contributed by atoms with Gasteiger partial charge in [-0.1, -0.05) is 24.3 Å². The van der Waals surface area contributed by atoms with Gasteiger partial charge in [-0.05, 0) is 36.2 Å². The number of para-hydroxylation sites is 2. The molecular formula is C22H24N4O4. The number of imidazole rings is 1. The van der Waals surface area contributed by atoms with Gasteiger partial charge in [-0.25, -0.2) is 14.6 Å². The smallest absolute Gasteiger partial charge is 0.328 e. The molecule has 0 radical (unpaired) electrons. The molecule has 1 saturated heterocycles. The van der Waals surface area contributed by atoms with Gasteiger partial charge < -0.3 is 15.9 Å². The molecule has 4 N–H and O–H groups in total. The van der Waals surface area contributed by atoms with E-state index in [1.807, 2.05) is 24.5 Å². The SMILES string of the molecule is N[C@H]1CCN(Cc2ccc(-n3cnc4ccccc43)cc2)C1.O=C(O)/C=C/C(=O)O. The lowest BCUT2D eigenvalue weighted by Crippen LogP contribution is -2.26. The predicted molar refractivity (Wildman–Crippen MR) is 113 cm³/mol. The molecule has 0 spiro atoms. The molecule has 2 heterocycles. The second-order valence-corrected chi connectivity index (χ2v) is 7.06. The lowest BCUT2D eigenvalue weighted by molar-refractivity contribution is -0.134. The average Bonchev–Trinajstić information content (AvgIpc) is 3.34. The van der Waals surface area contributed by atoms with Gasteiger partial charge in [-0.2, -0.15) is 0 Å². The topological polar surface area (TPSA) is 122 Å². The van der Waals surface area contributed by atoms with Crippen molar-refractivity contribution >= 4 is 23.0 Å². The Hall–Kier alpha value is -3.49. The number of hydrogen-bond donors (Lipinski definition) is 3. The molecule has 3 aromatic rings. The Balaban J connectivity index is 0.000000275. The Labute approximate surface area is 173 Å². The lowest BCUT2D eigenvalue weighted by Gasteiger charge is -2.15. The third-order valence-electron chi connectivity index (χ3n) is 4.75. The first-order valence-corrected chi connectivity index (χ1v) is 9.55. The third kappa shape index (κ3) is 5.76. The number of hydrogen-bond acceptors (Lipinski definition) is 5. The predicted octanol–water partition coefficient (Wildman–Crippen LogP) is 2.27. The summed E-state index contributed by atoms with van der Waals surface area (Å²) in [5.41, 5.74) is 10.6. The van der Waals surface area contributed by atoms with Gasteiger partial charge in [0.25, 0.3) is 0 Å². The van der Waals surface area contributed by atoms with E-state index in [0.29, 0.717) is 18.2 Å². The van der Waals surface area contributed by atoms with Crippen molar-refractivity contribution in [1.82, 2.24) is 14.5 Å². The van der Waals surface area contributed by atoms with E-state index in [1.165, 1.54) is 5.56 Å². The molecule has 8 nitrogen and oxygen atoms in total. The van der Waals surface area contributed by atoms with Gasteiger partial charge in [0.1, 0.15) is 6.33 Å². The standard InChI is InChI=1S/C18H20N4.C4H4O4/c19-15-9-10-21(12-15)11-14-5-7-16(8-6-14)22-13-20-17-3-1-2-4-18(17)22;5-3(6)1-2-4(7)8/h1-8,13,15H,9-12,19H2;1-2H,(H,5,6)(H,7,8)/b;2-1+/t15-;/m0./s1. The number of likely N-dealkylation sites (tertiary alicyclic amines) is 1. The Morgan fingerprint density at radius 3 is 2.33 bits per heavy atom. The number of carboxylic acids is 2. The Morgan fingerprint density at radius 2 is 1.73 bits per heavy atom. The highest BCUT2D eigenvalue weighted by molar-refractivity contribution is 5.89. The monoisotopic (exact) mass is 408 g/mol. The summed E-state index contributed by atoms with van der Waals surface area (Å²) in [7, 11) is 0. The third-order valence-corrected chi connectivity index (χ3v) is 4.75. The lowest BCUT2D eigenvalue weighted by atomic mass is 10.2. The summed E-state index contributed by atoms with van der Waals surface area (Å²) in [5, 5.41) is 15.6. The van der Waals surface area contributed by atoms with Gasteiger partial charge in [0, 0.05) is 43.5 Å². The molecule has 0 saturated carbocycles. The number of fused-ring (bicyclic) bond motifs is 1. The summed E-state index contributed by atoms with van der Waals surface area (Å²) in [6.45, 7) is 3.10. The zero-order valence-corrected chi connectivity index (χ0v) is 16.4. The van der Waals surface area contributed by atoms with Gasteiger partial charge in [0.05, 0.1) is 11.0 Å². The largest absolute Gasteiger partial charge is 0.478 e. The number of carbonyl (C=O) groups is 2. The molecule has 156 valence electrons. The van der Waals surface area contributed by atoms with Crippen LogP contribution in [0.1, 0.15) is 12.0 Å². The van der Waals surface area contributed by atoms with Crippen molar-refractivity contribution in [1.29, 1.82) is 0 Å². The molecule has 8 heteroatoms. The van der Waals surface area contributed by atoms with E-state index < -0.39 is 11.9 Å². The van der Waals surface area contributed by atoms with Crippen molar-refractivity contribution < 1.29 is 19.8 Å². The van der Waals surface area contributed by atoms with Crippen LogP contribution in [0.2, 0.25) is 0 Å². The number of rotatable bonds is 5. The zero-order chi connectivity index (χ0) is 21.5. The van der Waals surface area contributed by atoms with E-state index in [1.54, 1.807) is 0 Å². The molecule has 0 bridgehead atoms. The highest BCUT2D eigenvalue weighted by Crippen LogP contribution is 2.19. The minimum absolute atomic E-state index is 0.344. The van der Waals surface area contributed by atoms with Crippen LogP contribution in [0.3, 0.4) is 0 Å². The summed E-state index contributed by atoms with van der Waals surface area (Å²) in [5.74, 6) is -2.51. The first-order valence-electron chi connectivity index (χ1n) is 9.55. The first kappa shape index (κ1) is 21.2. The summed E-state index contributed by atoms with van der Waals surface area (Å²) < 4.78 is 2.13. The van der Waals surface area contributed by atoms with Crippen LogP contribution >= 0.6 is 0 Å². The molecule has 1 fully saturated rings. The Kier molecular flexibility index (Phi) is 6.95. The number of aliphatic carboxylic acids is 2. The molecule has 0 unspecified atom stereocenters. The molecule has 1 aromatic heterocycles. The molecule has 2 aromatic carbocycles. The molecule has 1 atom stereocenters. The second kappa shape index (κ2) is 9.82. The number of nitrogens with zero attached hydrogens (tertiary/aromatic N) is 3. The van der Waals surface area contributed by atoms with Crippen LogP contribution in [0.4, 0.5) is 0 Å². The van der Waals surface area contributed by atoms with Crippen LogP contribution in [-0.2, 0) is 16.1 Å². The van der Waals surface area contributed by atoms with Gasteiger partial charge in [0.2, 0.25) is 0 Å². The van der Waals surface area contributed by atoms with E-state index in [9.17, 15) is 9.59 Å². The normalized spacial score (nSPS) is 16.5. The number of aromatic nitrogens is 2. The maximum Gasteiger partial charge on any atom is 0.328 e. The summed E-state index contributed by atoms with van der Waals surface area (Å²) in [6.07, 6.45) is 4.11. The summed E-state index contributed by atoms with van der Waals surface area (Å²) in [4.78, 5) is 26.0. The van der Waals surface area contributed by atoms with Crippen molar-refractivity contribution in [3.05, 3.63) is 72.6 Å². The quantitative estimate of drug-likeness (QED) is 0.554. The number of nitrogens with two attached hydrogens (primary N) is 1. The Bertz CT molecular complexity index is 1030. The van der Waals surface area contributed by atoms with E-state index in [-0.39, 0.29) is 0 Å². The van der Waals surface area contributed by atoms with Crippen LogP contribution < -0.4 is 5.73 Å². The van der Waals surface area contributed by atoms with Gasteiger partial charge in [-0.15, -0.1) is 0 Å². The summed E-state index contributed by atoms with van der Waals surface area (Å²) >= 11 is 0. The van der Waals surface area contributed by atoms with Crippen LogP contribution in [0.5, 0.6) is 0 Å². The molecule has 1 aliphatic heterocycles. The van der Waals surface area contributed by atoms with Crippen molar-refractivity contribution in [3.63, 3.8) is 0 Å². The second-order valence-electron chi connectivity index (χ2n) is 7.06. The van der Waals surface area contributed by atoms with Crippen LogP contribution in [-0.4, -0.2) is 55.7 Å². The van der Waals surface area contributed by atoms with Gasteiger partial charge in [0.15, 0.2) is 0 Å². The minimum Gasteiger partial charge on any atom is -0.478 e. The van der Waals surface area contributed by atoms with E-state index in [2.05, 4.69) is 44.8 Å². The highest BCUT2D eigenvalue weighted by atomic mass is 16.4. The highest BCUT2D eigenvalue weighted by Gasteiger charge is 2.18. The summed E-state index contributed by atoms with van der Waals surface area (Å²) in [6, 6.07) is 17.3. The van der Waals surface area contributed by atoms with Crippen LogP contribution in [0.25, 0.3) is 16.7 Å². The van der Waals surface area contributed by atoms with Crippen molar-refractivity contribution in [2.75, 3.05) is 13.1 Å². The van der Waals surface area contributed by atoms with Crippen molar-refractivity contribution in [3.8, 4) is 5.69 Å². The molecule has 4 rings (SSSR count). The first-order chi connectivity index (χ1) is 14.4. The van der Waals surface area contributed by atoms with Crippen LogP contribution in [0, 0.1) is 0 Å². The maximum atomic E-state index is 9.55. The molecular weight excluding hydrogens is 384 g/mol. The van der Waals surface area contributed by atoms with E-state index >= 15 is 0 Å². The van der Waals surface area contributed by atoms with Gasteiger partial charge >= 0.3 is 11.9 Å². The number of carboxylic acid groups (broad SMARTS) is 2. The maximum absolute atomic E-state index is 9.55. The fraction of sp³-hybridized carbons (Fsp3) is 0.227. The fourth-order valence-corrected chi connectivity index (χ4v) is 3.33. The average molecular weight is 408 g/mol. The molecule has 0 amide bonds. The van der Waals surface area contributed by atoms with Crippen molar-refractivity contribution in [2.45, 2.75) is 19.0 Å². The van der Waals surface area contributed by atoms with Crippen molar-refractivity contribution in [2.24, 2.45) is 5.73 Å². The van der Waals surface area contributed by atoms with E-state index in [4.69, 9.17) is 15.9 Å². The molecule has 30 heavy (non-hydrogen) atoms.